The number of aliphatic hydroxyl groups is 1. The van der Waals surface area contributed by atoms with Crippen LogP contribution < -0.4 is 5.32 Å². The second kappa shape index (κ2) is 6.65. The van der Waals surface area contributed by atoms with E-state index in [9.17, 15) is 14.3 Å². The third-order valence-electron chi connectivity index (χ3n) is 4.89. The summed E-state index contributed by atoms with van der Waals surface area (Å²) >= 11 is 0. The van der Waals surface area contributed by atoms with E-state index in [1.54, 1.807) is 23.1 Å². The summed E-state index contributed by atoms with van der Waals surface area (Å²) in [6, 6.07) is 5.92. The second-order valence-corrected chi connectivity index (χ2v) is 6.42. The van der Waals surface area contributed by atoms with Crippen molar-refractivity contribution in [1.29, 1.82) is 0 Å². The van der Waals surface area contributed by atoms with Crippen LogP contribution in [0.3, 0.4) is 0 Å². The predicted molar refractivity (Wildman–Crippen MR) is 83.1 cm³/mol. The van der Waals surface area contributed by atoms with Crippen LogP contribution in [-0.4, -0.2) is 34.7 Å². The van der Waals surface area contributed by atoms with E-state index in [0.717, 1.165) is 12.8 Å². The molecule has 0 spiro atoms. The first-order chi connectivity index (χ1) is 10.6. The summed E-state index contributed by atoms with van der Waals surface area (Å²) in [6.07, 6.45) is 6.03. The van der Waals surface area contributed by atoms with Gasteiger partial charge in [-0.1, -0.05) is 31.4 Å². The number of carbonyl (C=O) groups is 1. The molecule has 0 unspecified atom stereocenters. The molecule has 1 aliphatic heterocycles. The maximum Gasteiger partial charge on any atom is 0.322 e. The maximum absolute atomic E-state index is 13.7. The van der Waals surface area contributed by atoms with Gasteiger partial charge in [0.05, 0.1) is 11.8 Å². The van der Waals surface area contributed by atoms with Crippen LogP contribution in [-0.2, 0) is 0 Å². The first-order valence-corrected chi connectivity index (χ1v) is 8.15. The molecule has 22 heavy (non-hydrogen) atoms. The van der Waals surface area contributed by atoms with Gasteiger partial charge in [-0.3, -0.25) is 0 Å². The second-order valence-electron chi connectivity index (χ2n) is 6.42. The van der Waals surface area contributed by atoms with Gasteiger partial charge in [-0.15, -0.1) is 0 Å². The Morgan fingerprint density at radius 1 is 1.23 bits per heavy atom. The molecule has 3 rings (SSSR count). The molecule has 2 atom stereocenters. The molecule has 2 aliphatic rings. The van der Waals surface area contributed by atoms with Gasteiger partial charge in [-0.05, 0) is 37.3 Å². The number of nitrogens with zero attached hydrogens (tertiary/aromatic N) is 1. The van der Waals surface area contributed by atoms with E-state index in [4.69, 9.17) is 0 Å². The molecule has 0 radical (unpaired) electrons. The number of likely N-dealkylation sites (tertiary alicyclic amines) is 1. The van der Waals surface area contributed by atoms with Gasteiger partial charge in [0.15, 0.2) is 0 Å². The molecule has 2 N–H and O–H groups in total. The van der Waals surface area contributed by atoms with Gasteiger partial charge in [-0.25, -0.2) is 9.18 Å². The van der Waals surface area contributed by atoms with E-state index in [0.29, 0.717) is 18.9 Å². The molecule has 0 aromatic heterocycles. The van der Waals surface area contributed by atoms with E-state index >= 15 is 0 Å². The minimum Gasteiger partial charge on any atom is -0.391 e. The quantitative estimate of drug-likeness (QED) is 0.880. The van der Waals surface area contributed by atoms with Gasteiger partial charge < -0.3 is 15.3 Å². The van der Waals surface area contributed by atoms with E-state index in [2.05, 4.69) is 5.32 Å². The van der Waals surface area contributed by atoms with Crippen molar-refractivity contribution in [2.24, 2.45) is 5.92 Å². The number of hydrogen-bond donors (Lipinski definition) is 2. The average Bonchev–Trinajstić information content (AvgIpc) is 2.92. The number of halogens is 1. The molecule has 1 saturated carbocycles. The minimum absolute atomic E-state index is 0.0714. The topological polar surface area (TPSA) is 52.6 Å². The molecule has 1 aliphatic carbocycles. The molecule has 1 aromatic rings. The van der Waals surface area contributed by atoms with Gasteiger partial charge in [0.2, 0.25) is 0 Å². The lowest BCUT2D eigenvalue weighted by atomic mass is 9.83. The molecule has 2 amide bonds. The van der Waals surface area contributed by atoms with Crippen LogP contribution >= 0.6 is 0 Å². The fourth-order valence-electron chi connectivity index (χ4n) is 3.79. The highest BCUT2D eigenvalue weighted by Crippen LogP contribution is 2.34. The van der Waals surface area contributed by atoms with E-state index in [1.807, 2.05) is 0 Å². The molecule has 120 valence electrons. The lowest BCUT2D eigenvalue weighted by Crippen LogP contribution is -2.43. The third-order valence-corrected chi connectivity index (χ3v) is 4.89. The highest BCUT2D eigenvalue weighted by Gasteiger charge is 2.39. The summed E-state index contributed by atoms with van der Waals surface area (Å²) in [5.41, 5.74) is 0.191. The first kappa shape index (κ1) is 15.3. The van der Waals surface area contributed by atoms with Crippen molar-refractivity contribution in [3.05, 3.63) is 30.1 Å². The number of nitrogens with one attached hydrogen (secondary N) is 1. The Bertz CT molecular complexity index is 531. The molecular weight excluding hydrogens is 283 g/mol. The van der Waals surface area contributed by atoms with Crippen molar-refractivity contribution in [2.45, 2.75) is 50.7 Å². The Kier molecular flexibility index (Phi) is 4.62. The fourth-order valence-corrected chi connectivity index (χ4v) is 3.79. The van der Waals surface area contributed by atoms with Crippen molar-refractivity contribution < 1.29 is 14.3 Å². The summed E-state index contributed by atoms with van der Waals surface area (Å²) in [5, 5.41) is 12.6. The van der Waals surface area contributed by atoms with Crippen LogP contribution in [0.4, 0.5) is 14.9 Å². The minimum atomic E-state index is -0.474. The SMILES string of the molecule is O=C(Nc1ccccc1F)N1C[C@@H](O)C[C@H]1C1CCCCC1. The number of urea groups is 1. The molecule has 5 heteroatoms. The summed E-state index contributed by atoms with van der Waals surface area (Å²) < 4.78 is 13.7. The number of carbonyl (C=O) groups excluding carboxylic acids is 1. The van der Waals surface area contributed by atoms with Crippen molar-refractivity contribution >= 4 is 11.7 Å². The number of hydrogen-bond acceptors (Lipinski definition) is 2. The largest absolute Gasteiger partial charge is 0.391 e. The van der Waals surface area contributed by atoms with Crippen LogP contribution in [0.25, 0.3) is 0 Å². The summed E-state index contributed by atoms with van der Waals surface area (Å²) in [4.78, 5) is 14.2. The Hall–Kier alpha value is -1.62. The van der Waals surface area contributed by atoms with Crippen LogP contribution in [0, 0.1) is 11.7 Å². The molecular formula is C17H23FN2O2. The predicted octanol–water partition coefficient (Wildman–Crippen LogP) is 3.37. The molecule has 1 aromatic carbocycles. The van der Waals surface area contributed by atoms with Gasteiger partial charge in [0, 0.05) is 12.6 Å². The Morgan fingerprint density at radius 3 is 2.68 bits per heavy atom. The number of amides is 2. The number of β-amino-alcohol motifs (C(OH)–C–C–N with tert-alkyl or cyclic N) is 1. The summed E-state index contributed by atoms with van der Waals surface area (Å²) in [5.74, 6) is 0.0158. The first-order valence-electron chi connectivity index (χ1n) is 8.15. The average molecular weight is 306 g/mol. The monoisotopic (exact) mass is 306 g/mol. The zero-order valence-electron chi connectivity index (χ0n) is 12.7. The Morgan fingerprint density at radius 2 is 1.95 bits per heavy atom. The van der Waals surface area contributed by atoms with Crippen LogP contribution in [0.15, 0.2) is 24.3 Å². The Labute approximate surface area is 130 Å². The van der Waals surface area contributed by atoms with Crippen molar-refractivity contribution in [3.8, 4) is 0 Å². The number of anilines is 1. The van der Waals surface area contributed by atoms with Gasteiger partial charge in [0.1, 0.15) is 5.82 Å². The van der Waals surface area contributed by atoms with E-state index in [-0.39, 0.29) is 17.8 Å². The molecule has 0 bridgehead atoms. The van der Waals surface area contributed by atoms with Gasteiger partial charge in [-0.2, -0.15) is 0 Å². The van der Waals surface area contributed by atoms with Crippen molar-refractivity contribution in [2.75, 3.05) is 11.9 Å². The third kappa shape index (κ3) is 3.24. The zero-order chi connectivity index (χ0) is 15.5. The van der Waals surface area contributed by atoms with Crippen molar-refractivity contribution in [3.63, 3.8) is 0 Å². The number of aliphatic hydroxyl groups excluding tert-OH is 1. The standard InChI is InChI=1S/C17H23FN2O2/c18-14-8-4-5-9-15(14)19-17(22)20-11-13(21)10-16(20)12-6-2-1-3-7-12/h4-5,8-9,12-13,16,21H,1-3,6-7,10-11H2,(H,19,22)/t13-,16-/m0/s1. The van der Waals surface area contributed by atoms with E-state index in [1.165, 1.54) is 25.3 Å². The van der Waals surface area contributed by atoms with E-state index < -0.39 is 11.9 Å². The van der Waals surface area contributed by atoms with Gasteiger partial charge >= 0.3 is 6.03 Å². The summed E-state index contributed by atoms with van der Waals surface area (Å²) in [7, 11) is 0. The van der Waals surface area contributed by atoms with Crippen LogP contribution in [0.1, 0.15) is 38.5 Å². The fraction of sp³-hybridized carbons (Fsp3) is 0.588. The number of rotatable bonds is 2. The van der Waals surface area contributed by atoms with Crippen molar-refractivity contribution in [1.82, 2.24) is 4.90 Å². The van der Waals surface area contributed by atoms with Crippen LogP contribution in [0.2, 0.25) is 0 Å². The lowest BCUT2D eigenvalue weighted by molar-refractivity contribution is 0.164. The lowest BCUT2D eigenvalue weighted by Gasteiger charge is -2.33. The zero-order valence-corrected chi connectivity index (χ0v) is 12.7. The Balaban J connectivity index is 1.70. The number of para-hydroxylation sites is 1. The highest BCUT2D eigenvalue weighted by atomic mass is 19.1. The molecule has 1 saturated heterocycles. The molecule has 1 heterocycles. The van der Waals surface area contributed by atoms with Gasteiger partial charge in [0.25, 0.3) is 0 Å². The molecule has 2 fully saturated rings. The molecule has 4 nitrogen and oxygen atoms in total. The highest BCUT2D eigenvalue weighted by molar-refractivity contribution is 5.89. The number of benzene rings is 1. The summed E-state index contributed by atoms with van der Waals surface area (Å²) in [6.45, 7) is 0.335. The smallest absolute Gasteiger partial charge is 0.322 e. The normalized spacial score (nSPS) is 26.2. The van der Waals surface area contributed by atoms with Crippen LogP contribution in [0.5, 0.6) is 0 Å². The maximum atomic E-state index is 13.7.